The Kier molecular flexibility index (Phi) is 19.8. The third kappa shape index (κ3) is 15.0. The number of benzene rings is 2. The molecule has 1 heterocycles. The molecule has 19 heteroatoms. The largest absolute Gasteiger partial charge is 0.481 e. The van der Waals surface area contributed by atoms with Crippen LogP contribution in [0.2, 0.25) is 0 Å². The van der Waals surface area contributed by atoms with Crippen LogP contribution in [0.1, 0.15) is 111 Å². The summed E-state index contributed by atoms with van der Waals surface area (Å²) in [5, 5.41) is 47.1. The summed E-state index contributed by atoms with van der Waals surface area (Å²) in [6.45, 7) is 12.1. The maximum Gasteiger partial charge on any atom is 0.305 e. The van der Waals surface area contributed by atoms with Gasteiger partial charge >= 0.3 is 11.9 Å². The van der Waals surface area contributed by atoms with Crippen molar-refractivity contribution in [3.63, 3.8) is 0 Å². The number of carbonyl (C=O) groups excluding carboxylic acids is 6. The molecule has 0 radical (unpaired) electrons. The van der Waals surface area contributed by atoms with E-state index in [1.165, 1.54) is 4.90 Å². The molecule has 2 fully saturated rings. The van der Waals surface area contributed by atoms with Crippen LogP contribution in [0.5, 0.6) is 0 Å². The van der Waals surface area contributed by atoms with Gasteiger partial charge in [-0.1, -0.05) is 108 Å². The summed E-state index contributed by atoms with van der Waals surface area (Å²) in [7, 11) is 0. The normalized spacial score (nSPS) is 21.9. The van der Waals surface area contributed by atoms with Crippen molar-refractivity contribution >= 4 is 47.4 Å². The van der Waals surface area contributed by atoms with Crippen LogP contribution >= 0.6 is 0 Å². The second-order valence-corrected chi connectivity index (χ2v) is 18.1. The van der Waals surface area contributed by atoms with Crippen molar-refractivity contribution in [2.75, 3.05) is 6.54 Å². The predicted octanol–water partition coefficient (Wildman–Crippen LogP) is 2.13. The minimum absolute atomic E-state index is 0.0491. The Labute approximate surface area is 391 Å². The molecule has 1 aliphatic carbocycles. The van der Waals surface area contributed by atoms with Gasteiger partial charge in [-0.25, -0.2) is 0 Å². The van der Waals surface area contributed by atoms with Crippen molar-refractivity contribution in [1.29, 1.82) is 0 Å². The van der Waals surface area contributed by atoms with Gasteiger partial charge in [0.05, 0.1) is 31.2 Å². The Bertz CT molecular complexity index is 2020. The number of rotatable bonds is 26. The fourth-order valence-corrected chi connectivity index (χ4v) is 8.47. The van der Waals surface area contributed by atoms with Crippen LogP contribution in [0.15, 0.2) is 60.7 Å². The van der Waals surface area contributed by atoms with Crippen LogP contribution in [0.4, 0.5) is 0 Å². The molecule has 2 aromatic rings. The molecule has 2 aromatic carbocycles. The number of carboxylic acid groups (broad SMARTS) is 2. The first kappa shape index (κ1) is 53.7. The molecule has 368 valence electrons. The zero-order valence-electron chi connectivity index (χ0n) is 39.5. The van der Waals surface area contributed by atoms with E-state index < -0.39 is 121 Å². The van der Waals surface area contributed by atoms with Crippen molar-refractivity contribution in [1.82, 2.24) is 36.8 Å². The first-order chi connectivity index (χ1) is 31.7. The van der Waals surface area contributed by atoms with Crippen LogP contribution in [-0.4, -0.2) is 122 Å². The fourth-order valence-electron chi connectivity index (χ4n) is 8.47. The SMILES string of the molecule is CCC1C[C@]1(NC(O)[C@@H]1C[C@@H](OCc2ccccc2)CN1C(=O)[C@@H](NC(=O)[C@@H](NC(=O)[C@@H](CCC(=O)O)NC(=O)[C@H](CC(=O)O)NC(C)=O)[C@@H](C)CC)C(C)C)C(=O)N[C@@H](C)c1ccccc1. The summed E-state index contributed by atoms with van der Waals surface area (Å²) < 4.78 is 6.31. The second-order valence-electron chi connectivity index (χ2n) is 18.1. The lowest BCUT2D eigenvalue weighted by Crippen LogP contribution is -2.62. The Hall–Kier alpha value is -5.92. The molecule has 1 saturated heterocycles. The molecule has 1 aliphatic heterocycles. The van der Waals surface area contributed by atoms with Crippen LogP contribution < -0.4 is 31.9 Å². The monoisotopic (exact) mass is 936 g/mol. The average molecular weight is 936 g/mol. The molecular weight excluding hydrogens is 867 g/mol. The Morgan fingerprint density at radius 2 is 1.39 bits per heavy atom. The number of hydrogen-bond donors (Lipinski definition) is 9. The molecule has 0 aromatic heterocycles. The van der Waals surface area contributed by atoms with Gasteiger partial charge in [0.25, 0.3) is 0 Å². The highest BCUT2D eigenvalue weighted by atomic mass is 16.5. The first-order valence-electron chi connectivity index (χ1n) is 23.1. The number of aliphatic hydroxyl groups excluding tert-OH is 1. The lowest BCUT2D eigenvalue weighted by molar-refractivity contribution is -0.142. The standard InChI is InChI=1S/C48H69N7O12/c1-8-28(5)41(53-42(61)35(20-21-38(57)58)51-43(62)36(23-39(59)60)50-30(7)56)45(64)52-40(27(3)4)46(65)55-25-34(67-26-31-16-12-10-13-17-31)22-37(55)44(63)54-48(24-33(48)9-2)47(66)49-29(6)32-18-14-11-15-19-32/h10-19,27-29,33-37,40-41,44,54,63H,8-9,20-26H2,1-7H3,(H,49,66)(H,50,56)(H,51,62)(H,52,64)(H,53,61)(H,57,58)(H,59,60)/t28-,29-,33?,34+,35+,36-,37-,40-,41-,44?,48+/m0/s1. The summed E-state index contributed by atoms with van der Waals surface area (Å²) in [4.78, 5) is 106. The maximum atomic E-state index is 14.8. The molecule has 6 amide bonds. The number of carboxylic acids is 2. The van der Waals surface area contributed by atoms with Gasteiger partial charge in [0.1, 0.15) is 35.9 Å². The number of nitrogens with one attached hydrogen (secondary N) is 6. The molecule has 2 unspecified atom stereocenters. The van der Waals surface area contributed by atoms with Gasteiger partial charge in [0.15, 0.2) is 0 Å². The number of aliphatic hydroxyl groups is 1. The molecule has 2 aliphatic rings. The zero-order chi connectivity index (χ0) is 49.6. The van der Waals surface area contributed by atoms with E-state index in [0.717, 1.165) is 18.1 Å². The van der Waals surface area contributed by atoms with E-state index in [2.05, 4.69) is 31.9 Å². The topological polar surface area (TPSA) is 282 Å². The minimum Gasteiger partial charge on any atom is -0.481 e. The van der Waals surface area contributed by atoms with Crippen molar-refractivity contribution < 1.29 is 58.4 Å². The average Bonchev–Trinajstić information content (AvgIpc) is 3.84. The number of hydrogen-bond acceptors (Lipinski definition) is 11. The molecule has 1 saturated carbocycles. The molecular formula is C48H69N7O12. The number of ether oxygens (including phenoxy) is 1. The highest BCUT2D eigenvalue weighted by molar-refractivity contribution is 5.97. The third-order valence-corrected chi connectivity index (χ3v) is 12.7. The third-order valence-electron chi connectivity index (χ3n) is 12.7. The quantitative estimate of drug-likeness (QED) is 0.0613. The second kappa shape index (κ2) is 24.7. The molecule has 4 rings (SSSR count). The number of aliphatic carboxylic acids is 2. The molecule has 9 N–H and O–H groups in total. The van der Waals surface area contributed by atoms with Crippen LogP contribution in [0.3, 0.4) is 0 Å². The highest BCUT2D eigenvalue weighted by Gasteiger charge is 2.61. The Morgan fingerprint density at radius 3 is 1.94 bits per heavy atom. The molecule has 0 spiro atoms. The van der Waals surface area contributed by atoms with E-state index in [9.17, 15) is 53.7 Å². The minimum atomic E-state index is -1.59. The van der Waals surface area contributed by atoms with E-state index in [-0.39, 0.29) is 37.4 Å². The lowest BCUT2D eigenvalue weighted by Gasteiger charge is -2.36. The van der Waals surface area contributed by atoms with E-state index >= 15 is 0 Å². The van der Waals surface area contributed by atoms with Gasteiger partial charge in [-0.2, -0.15) is 0 Å². The molecule has 19 nitrogen and oxygen atoms in total. The summed E-state index contributed by atoms with van der Waals surface area (Å²) in [5.41, 5.74) is 0.709. The van der Waals surface area contributed by atoms with Crippen molar-refractivity contribution in [3.05, 3.63) is 71.8 Å². The van der Waals surface area contributed by atoms with E-state index in [1.807, 2.05) is 74.5 Å². The van der Waals surface area contributed by atoms with Crippen molar-refractivity contribution in [2.45, 2.75) is 154 Å². The van der Waals surface area contributed by atoms with Crippen LogP contribution in [-0.2, 0) is 49.7 Å². The van der Waals surface area contributed by atoms with E-state index in [4.69, 9.17) is 4.74 Å². The van der Waals surface area contributed by atoms with Gasteiger partial charge in [0.2, 0.25) is 35.4 Å². The summed E-state index contributed by atoms with van der Waals surface area (Å²) in [6.07, 6.45) is -2.09. The van der Waals surface area contributed by atoms with Gasteiger partial charge in [0, 0.05) is 19.9 Å². The Morgan fingerprint density at radius 1 is 0.776 bits per heavy atom. The van der Waals surface area contributed by atoms with E-state index in [0.29, 0.717) is 19.3 Å². The number of likely N-dealkylation sites (tertiary alicyclic amines) is 1. The molecule has 11 atom stereocenters. The number of amides is 6. The highest BCUT2D eigenvalue weighted by Crippen LogP contribution is 2.47. The molecule has 0 bridgehead atoms. The summed E-state index contributed by atoms with van der Waals surface area (Å²) >= 11 is 0. The van der Waals surface area contributed by atoms with Gasteiger partial charge in [-0.05, 0) is 55.1 Å². The van der Waals surface area contributed by atoms with Gasteiger partial charge in [-0.3, -0.25) is 43.7 Å². The summed E-state index contributed by atoms with van der Waals surface area (Å²) in [5.74, 6) is -8.16. The fraction of sp³-hybridized carbons (Fsp3) is 0.583. The number of nitrogens with zero attached hydrogens (tertiary/aromatic N) is 1. The van der Waals surface area contributed by atoms with Gasteiger partial charge < -0.3 is 51.5 Å². The first-order valence-corrected chi connectivity index (χ1v) is 23.1. The number of carbonyl (C=O) groups is 8. The Balaban J connectivity index is 1.58. The van der Waals surface area contributed by atoms with Crippen LogP contribution in [0, 0.1) is 17.8 Å². The predicted molar refractivity (Wildman–Crippen MR) is 245 cm³/mol. The zero-order valence-corrected chi connectivity index (χ0v) is 39.5. The summed E-state index contributed by atoms with van der Waals surface area (Å²) in [6, 6.07) is 12.1. The lowest BCUT2D eigenvalue weighted by atomic mass is 9.95. The van der Waals surface area contributed by atoms with Gasteiger partial charge in [-0.15, -0.1) is 0 Å². The van der Waals surface area contributed by atoms with Crippen molar-refractivity contribution in [2.24, 2.45) is 17.8 Å². The van der Waals surface area contributed by atoms with E-state index in [1.54, 1.807) is 27.7 Å². The molecule has 67 heavy (non-hydrogen) atoms. The smallest absolute Gasteiger partial charge is 0.305 e. The van der Waals surface area contributed by atoms with Crippen molar-refractivity contribution in [3.8, 4) is 0 Å². The van der Waals surface area contributed by atoms with Crippen LogP contribution in [0.25, 0.3) is 0 Å². The maximum absolute atomic E-state index is 14.8.